The van der Waals surface area contributed by atoms with Crippen molar-refractivity contribution in [1.29, 1.82) is 0 Å². The topological polar surface area (TPSA) is 37.3 Å². The van der Waals surface area contributed by atoms with E-state index in [-0.39, 0.29) is 6.42 Å². The molecule has 0 aromatic carbocycles. The lowest BCUT2D eigenvalue weighted by Gasteiger charge is -2.40. The summed E-state index contributed by atoms with van der Waals surface area (Å²) in [5.74, 6) is -5.06. The molecule has 3 unspecified atom stereocenters. The van der Waals surface area contributed by atoms with Crippen LogP contribution in [0.3, 0.4) is 0 Å². The molecule has 1 aliphatic rings. The first kappa shape index (κ1) is 19.3. The molecule has 0 aromatic rings. The van der Waals surface area contributed by atoms with Crippen molar-refractivity contribution in [2.75, 3.05) is 0 Å². The first-order valence-corrected chi connectivity index (χ1v) is 6.90. The Kier molecular flexibility index (Phi) is 4.25. The second kappa shape index (κ2) is 4.85. The second-order valence-corrected chi connectivity index (χ2v) is 6.80. The monoisotopic (exact) mass is 334 g/mol. The maximum absolute atomic E-state index is 13.1. The van der Waals surface area contributed by atoms with Crippen molar-refractivity contribution >= 4 is 5.78 Å². The molecule has 8 heteroatoms. The zero-order valence-electron chi connectivity index (χ0n) is 13.0. The highest BCUT2D eigenvalue weighted by Gasteiger charge is 2.80. The third-order valence-corrected chi connectivity index (χ3v) is 5.91. The molecule has 22 heavy (non-hydrogen) atoms. The Labute approximate surface area is 124 Å². The fourth-order valence-corrected chi connectivity index (χ4v) is 3.50. The smallest absolute Gasteiger partial charge is 0.373 e. The maximum atomic E-state index is 13.1. The number of carbonyl (C=O) groups excluding carboxylic acids is 1. The number of carbonyl (C=O) groups is 1. The van der Waals surface area contributed by atoms with E-state index >= 15 is 0 Å². The number of ketones is 1. The molecule has 1 rings (SSSR count). The standard InChI is InChI=1S/C14H20F6O2/c1-6-11(5)9(21)8(7(2)10(11,3)4)12(22,13(15,16)17)14(18,19)20/h7-8,22H,6H2,1-5H3. The van der Waals surface area contributed by atoms with Gasteiger partial charge in [-0.05, 0) is 17.8 Å². The van der Waals surface area contributed by atoms with E-state index in [0.29, 0.717) is 0 Å². The summed E-state index contributed by atoms with van der Waals surface area (Å²) < 4.78 is 78.5. The molecule has 0 amide bonds. The molecule has 1 saturated carbocycles. The van der Waals surface area contributed by atoms with E-state index in [2.05, 4.69) is 0 Å². The third-order valence-electron chi connectivity index (χ3n) is 5.91. The minimum atomic E-state index is -5.99. The average Bonchev–Trinajstić information content (AvgIpc) is 2.45. The molecule has 0 aliphatic heterocycles. The molecule has 0 aromatic heterocycles. The van der Waals surface area contributed by atoms with Gasteiger partial charge in [-0.2, -0.15) is 26.3 Å². The molecule has 1 N–H and O–H groups in total. The number of alkyl halides is 6. The number of hydrogen-bond acceptors (Lipinski definition) is 2. The first-order valence-electron chi connectivity index (χ1n) is 6.90. The van der Waals surface area contributed by atoms with Gasteiger partial charge in [0.05, 0.1) is 5.92 Å². The highest BCUT2D eigenvalue weighted by molar-refractivity contribution is 5.91. The van der Waals surface area contributed by atoms with Crippen LogP contribution in [0.1, 0.15) is 41.0 Å². The molecule has 0 heterocycles. The lowest BCUT2D eigenvalue weighted by Crippen LogP contribution is -2.64. The van der Waals surface area contributed by atoms with E-state index in [1.54, 1.807) is 0 Å². The van der Waals surface area contributed by atoms with Crippen LogP contribution >= 0.6 is 0 Å². The van der Waals surface area contributed by atoms with Crippen molar-refractivity contribution in [3.63, 3.8) is 0 Å². The summed E-state index contributed by atoms with van der Waals surface area (Å²) in [6.45, 7) is 6.98. The predicted molar refractivity (Wildman–Crippen MR) is 66.9 cm³/mol. The summed E-state index contributed by atoms with van der Waals surface area (Å²) >= 11 is 0. The zero-order chi connectivity index (χ0) is 17.9. The Balaban J connectivity index is 3.64. The van der Waals surface area contributed by atoms with Gasteiger partial charge in [0.2, 0.25) is 0 Å². The van der Waals surface area contributed by atoms with Gasteiger partial charge in [-0.15, -0.1) is 0 Å². The zero-order valence-corrected chi connectivity index (χ0v) is 13.0. The Hall–Kier alpha value is -0.790. The van der Waals surface area contributed by atoms with Gasteiger partial charge in [-0.1, -0.05) is 34.6 Å². The molecule has 1 aliphatic carbocycles. The highest BCUT2D eigenvalue weighted by Crippen LogP contribution is 2.64. The van der Waals surface area contributed by atoms with E-state index < -0.39 is 46.4 Å². The number of aliphatic hydroxyl groups is 1. The summed E-state index contributed by atoms with van der Waals surface area (Å²) in [5, 5.41) is 9.61. The minimum Gasteiger partial charge on any atom is -0.373 e. The van der Waals surface area contributed by atoms with Gasteiger partial charge >= 0.3 is 12.4 Å². The molecular weight excluding hydrogens is 314 g/mol. The largest absolute Gasteiger partial charge is 0.427 e. The van der Waals surface area contributed by atoms with E-state index in [1.165, 1.54) is 27.7 Å². The van der Waals surface area contributed by atoms with Crippen LogP contribution in [-0.2, 0) is 4.79 Å². The molecule has 130 valence electrons. The fourth-order valence-electron chi connectivity index (χ4n) is 3.50. The normalized spacial score (nSPS) is 33.4. The molecule has 0 spiro atoms. The number of halogens is 6. The summed E-state index contributed by atoms with van der Waals surface area (Å²) in [6.07, 6.45) is -11.9. The van der Waals surface area contributed by atoms with E-state index in [4.69, 9.17) is 0 Å². The molecule has 0 bridgehead atoms. The van der Waals surface area contributed by atoms with Gasteiger partial charge in [-0.25, -0.2) is 0 Å². The van der Waals surface area contributed by atoms with E-state index in [9.17, 15) is 36.2 Å². The van der Waals surface area contributed by atoms with Gasteiger partial charge in [0.25, 0.3) is 5.60 Å². The van der Waals surface area contributed by atoms with Crippen LogP contribution in [-0.4, -0.2) is 28.8 Å². The Morgan fingerprint density at radius 2 is 1.41 bits per heavy atom. The first-order chi connectivity index (χ1) is 9.50. The van der Waals surface area contributed by atoms with Crippen LogP contribution in [0.15, 0.2) is 0 Å². The van der Waals surface area contributed by atoms with Crippen LogP contribution in [0.2, 0.25) is 0 Å². The summed E-state index contributed by atoms with van der Waals surface area (Å²) in [5.41, 5.74) is -7.53. The van der Waals surface area contributed by atoms with E-state index in [0.717, 1.165) is 6.92 Å². The number of hydrogen-bond donors (Lipinski definition) is 1. The van der Waals surface area contributed by atoms with Crippen molar-refractivity contribution < 1.29 is 36.2 Å². The van der Waals surface area contributed by atoms with E-state index in [1.807, 2.05) is 0 Å². The van der Waals surface area contributed by atoms with Crippen LogP contribution in [0.4, 0.5) is 26.3 Å². The summed E-state index contributed by atoms with van der Waals surface area (Å²) in [7, 11) is 0. The second-order valence-electron chi connectivity index (χ2n) is 6.80. The highest BCUT2D eigenvalue weighted by atomic mass is 19.4. The molecular formula is C14H20F6O2. The van der Waals surface area contributed by atoms with Gasteiger partial charge in [0.1, 0.15) is 5.78 Å². The Morgan fingerprint density at radius 1 is 1.05 bits per heavy atom. The van der Waals surface area contributed by atoms with Gasteiger partial charge < -0.3 is 5.11 Å². The van der Waals surface area contributed by atoms with Crippen LogP contribution in [0.5, 0.6) is 0 Å². The molecule has 0 saturated heterocycles. The minimum absolute atomic E-state index is 0.0888. The van der Waals surface area contributed by atoms with Gasteiger partial charge in [0, 0.05) is 5.41 Å². The van der Waals surface area contributed by atoms with Crippen molar-refractivity contribution in [1.82, 2.24) is 0 Å². The van der Waals surface area contributed by atoms with Gasteiger partial charge in [0.15, 0.2) is 0 Å². The maximum Gasteiger partial charge on any atom is 0.427 e. The van der Waals surface area contributed by atoms with Crippen molar-refractivity contribution in [2.45, 2.75) is 59.0 Å². The molecule has 1 fully saturated rings. The molecule has 0 radical (unpaired) electrons. The van der Waals surface area contributed by atoms with Crippen molar-refractivity contribution in [3.05, 3.63) is 0 Å². The Bertz CT molecular complexity index is 451. The Morgan fingerprint density at radius 3 is 1.64 bits per heavy atom. The fraction of sp³-hybridized carbons (Fsp3) is 0.929. The SMILES string of the molecule is CCC1(C)C(=O)C(C(O)(C(F)(F)F)C(F)(F)F)C(C)C1(C)C. The lowest BCUT2D eigenvalue weighted by atomic mass is 9.64. The lowest BCUT2D eigenvalue weighted by molar-refractivity contribution is -0.383. The van der Waals surface area contributed by atoms with Crippen molar-refractivity contribution in [3.8, 4) is 0 Å². The van der Waals surface area contributed by atoms with Crippen LogP contribution < -0.4 is 0 Å². The molecule has 2 nitrogen and oxygen atoms in total. The average molecular weight is 334 g/mol. The summed E-state index contributed by atoms with van der Waals surface area (Å²) in [6, 6.07) is 0. The third kappa shape index (κ3) is 2.09. The quantitative estimate of drug-likeness (QED) is 0.772. The van der Waals surface area contributed by atoms with Crippen LogP contribution in [0, 0.1) is 22.7 Å². The molecule has 3 atom stereocenters. The van der Waals surface area contributed by atoms with Crippen LogP contribution in [0.25, 0.3) is 0 Å². The number of rotatable bonds is 2. The summed E-state index contributed by atoms with van der Waals surface area (Å²) in [4.78, 5) is 12.5. The predicted octanol–water partition coefficient (Wildman–Crippen LogP) is 4.12. The van der Waals surface area contributed by atoms with Crippen molar-refractivity contribution in [2.24, 2.45) is 22.7 Å². The van der Waals surface area contributed by atoms with Gasteiger partial charge in [-0.3, -0.25) is 4.79 Å². The number of Topliss-reactive ketones (excluding diaryl/α,β-unsaturated/α-hetero) is 1.